The predicted molar refractivity (Wildman–Crippen MR) is 109 cm³/mol. The average molecular weight is 408 g/mol. The molecule has 0 aliphatic rings. The molecule has 2 rings (SSSR count). The van der Waals surface area contributed by atoms with Crippen LogP contribution >= 0.6 is 0 Å². The van der Waals surface area contributed by atoms with Crippen LogP contribution in [-0.2, 0) is 23.1 Å². The van der Waals surface area contributed by atoms with Crippen LogP contribution in [0.5, 0.6) is 11.5 Å². The van der Waals surface area contributed by atoms with Gasteiger partial charge >= 0.3 is 0 Å². The summed E-state index contributed by atoms with van der Waals surface area (Å²) in [4.78, 5) is -0.00411. The van der Waals surface area contributed by atoms with Gasteiger partial charge in [0.05, 0.1) is 24.7 Å². The van der Waals surface area contributed by atoms with Crippen LogP contribution in [0.2, 0.25) is 0 Å². The normalized spacial score (nSPS) is 12.6. The first kappa shape index (κ1) is 22.2. The van der Waals surface area contributed by atoms with Gasteiger partial charge < -0.3 is 14.6 Å². The van der Waals surface area contributed by atoms with Crippen molar-refractivity contribution in [1.29, 1.82) is 0 Å². The van der Waals surface area contributed by atoms with E-state index in [0.29, 0.717) is 24.7 Å². The van der Waals surface area contributed by atoms with Crippen molar-refractivity contribution in [2.45, 2.75) is 44.6 Å². The maximum Gasteiger partial charge on any atom is 0.238 e. The van der Waals surface area contributed by atoms with E-state index < -0.39 is 10.0 Å². The lowest BCUT2D eigenvalue weighted by molar-refractivity contribution is 0.265. The Balaban J connectivity index is 1.87. The number of benzene rings is 2. The highest BCUT2D eigenvalue weighted by molar-refractivity contribution is 7.89. The van der Waals surface area contributed by atoms with E-state index in [1.54, 1.807) is 12.1 Å². The summed E-state index contributed by atoms with van der Waals surface area (Å²) in [6.45, 7) is 4.87. The Labute approximate surface area is 167 Å². The minimum Gasteiger partial charge on any atom is -0.490 e. The number of aliphatic hydroxyl groups is 1. The van der Waals surface area contributed by atoms with Crippen molar-refractivity contribution in [1.82, 2.24) is 0 Å². The first-order valence-corrected chi connectivity index (χ1v) is 11.0. The molecule has 0 amide bonds. The summed E-state index contributed by atoms with van der Waals surface area (Å²) in [5.74, 6) is 1.84. The molecule has 0 aromatic heterocycles. The van der Waals surface area contributed by atoms with Crippen LogP contribution in [-0.4, -0.2) is 26.7 Å². The summed E-state index contributed by atoms with van der Waals surface area (Å²) in [5, 5.41) is 14.6. The molecule has 0 fully saturated rings. The third kappa shape index (κ3) is 6.51. The molecule has 154 valence electrons. The number of primary sulfonamides is 1. The van der Waals surface area contributed by atoms with Gasteiger partial charge in [0, 0.05) is 0 Å². The lowest BCUT2D eigenvalue weighted by Gasteiger charge is -2.15. The zero-order valence-corrected chi connectivity index (χ0v) is 17.2. The number of rotatable bonds is 11. The Morgan fingerprint density at radius 3 is 2.39 bits per heavy atom. The number of nitrogens with two attached hydrogens (primary N) is 1. The molecule has 0 radical (unpaired) electrons. The van der Waals surface area contributed by atoms with Gasteiger partial charge in [-0.15, -0.1) is 0 Å². The van der Waals surface area contributed by atoms with Gasteiger partial charge in [-0.3, -0.25) is 0 Å². The van der Waals surface area contributed by atoms with Gasteiger partial charge in [0.1, 0.15) is 0 Å². The SMILES string of the molecule is CCOc1ccccc1OCCCC(C)Cc1ccc(CO)c(S(N)(=O)=O)c1. The maximum absolute atomic E-state index is 11.7. The number of sulfonamides is 1. The van der Waals surface area contributed by atoms with Crippen LogP contribution in [0.3, 0.4) is 0 Å². The maximum atomic E-state index is 11.7. The Kier molecular flexibility index (Phi) is 8.29. The first-order chi connectivity index (χ1) is 13.3. The molecule has 1 unspecified atom stereocenters. The topological polar surface area (TPSA) is 98.8 Å². The Hall–Kier alpha value is -2.09. The molecule has 7 heteroatoms. The zero-order chi connectivity index (χ0) is 20.6. The largest absolute Gasteiger partial charge is 0.490 e. The van der Waals surface area contributed by atoms with Crippen molar-refractivity contribution < 1.29 is 23.0 Å². The molecule has 0 heterocycles. The van der Waals surface area contributed by atoms with E-state index in [1.807, 2.05) is 37.3 Å². The van der Waals surface area contributed by atoms with Crippen LogP contribution in [0.4, 0.5) is 0 Å². The lowest BCUT2D eigenvalue weighted by Crippen LogP contribution is -2.15. The van der Waals surface area contributed by atoms with E-state index in [2.05, 4.69) is 6.92 Å². The van der Waals surface area contributed by atoms with Crippen LogP contribution in [0.1, 0.15) is 37.8 Å². The van der Waals surface area contributed by atoms with E-state index in [9.17, 15) is 13.5 Å². The second-order valence-corrected chi connectivity index (χ2v) is 8.35. The molecule has 28 heavy (non-hydrogen) atoms. The van der Waals surface area contributed by atoms with Gasteiger partial charge in [-0.05, 0) is 61.4 Å². The smallest absolute Gasteiger partial charge is 0.238 e. The molecular formula is C21H29NO5S. The van der Waals surface area contributed by atoms with Crippen molar-refractivity contribution in [3.8, 4) is 11.5 Å². The van der Waals surface area contributed by atoms with Crippen molar-refractivity contribution in [2.24, 2.45) is 11.1 Å². The van der Waals surface area contributed by atoms with Crippen LogP contribution in [0, 0.1) is 5.92 Å². The molecule has 2 aromatic carbocycles. The standard InChI is InChI=1S/C21H29NO5S/c1-3-26-19-8-4-5-9-20(19)27-12-6-7-16(2)13-17-10-11-18(15-23)21(14-17)28(22,24)25/h4-5,8-11,14,16,23H,3,6-7,12-13,15H2,1-2H3,(H2,22,24,25). The molecule has 2 aromatic rings. The van der Waals surface area contributed by atoms with E-state index in [4.69, 9.17) is 14.6 Å². The Morgan fingerprint density at radius 2 is 1.79 bits per heavy atom. The molecule has 0 aliphatic carbocycles. The fourth-order valence-electron chi connectivity index (χ4n) is 3.08. The van der Waals surface area contributed by atoms with E-state index >= 15 is 0 Å². The van der Waals surface area contributed by atoms with Gasteiger partial charge in [-0.25, -0.2) is 13.6 Å². The molecular weight excluding hydrogens is 378 g/mol. The molecule has 0 bridgehead atoms. The average Bonchev–Trinajstić information content (AvgIpc) is 2.66. The summed E-state index contributed by atoms with van der Waals surface area (Å²) in [6.07, 6.45) is 2.53. The highest BCUT2D eigenvalue weighted by Crippen LogP contribution is 2.27. The fraction of sp³-hybridized carbons (Fsp3) is 0.429. The summed E-state index contributed by atoms with van der Waals surface area (Å²) in [5.41, 5.74) is 1.21. The Morgan fingerprint density at radius 1 is 1.11 bits per heavy atom. The van der Waals surface area contributed by atoms with Gasteiger partial charge in [-0.2, -0.15) is 0 Å². The van der Waals surface area contributed by atoms with E-state index in [-0.39, 0.29) is 11.5 Å². The summed E-state index contributed by atoms with van der Waals surface area (Å²) >= 11 is 0. The minimum absolute atomic E-state index is 0.00411. The zero-order valence-electron chi connectivity index (χ0n) is 16.4. The third-order valence-electron chi connectivity index (χ3n) is 4.44. The van der Waals surface area contributed by atoms with Crippen molar-refractivity contribution in [3.63, 3.8) is 0 Å². The van der Waals surface area contributed by atoms with E-state index in [0.717, 1.165) is 36.3 Å². The molecule has 6 nitrogen and oxygen atoms in total. The van der Waals surface area contributed by atoms with Crippen LogP contribution < -0.4 is 14.6 Å². The monoisotopic (exact) mass is 407 g/mol. The molecule has 0 spiro atoms. The van der Waals surface area contributed by atoms with Gasteiger partial charge in [-0.1, -0.05) is 31.2 Å². The minimum atomic E-state index is -3.86. The van der Waals surface area contributed by atoms with E-state index in [1.165, 1.54) is 0 Å². The van der Waals surface area contributed by atoms with Gasteiger partial charge in [0.25, 0.3) is 0 Å². The van der Waals surface area contributed by atoms with Crippen molar-refractivity contribution >= 4 is 10.0 Å². The molecule has 0 saturated carbocycles. The summed E-state index contributed by atoms with van der Waals surface area (Å²) in [6, 6.07) is 12.6. The van der Waals surface area contributed by atoms with Gasteiger partial charge in [0.15, 0.2) is 11.5 Å². The number of hydrogen-bond donors (Lipinski definition) is 2. The predicted octanol–water partition coefficient (Wildman–Crippen LogP) is 3.26. The molecule has 1 atom stereocenters. The second kappa shape index (κ2) is 10.5. The summed E-state index contributed by atoms with van der Waals surface area (Å²) in [7, 11) is -3.86. The molecule has 3 N–H and O–H groups in total. The van der Waals surface area contributed by atoms with Gasteiger partial charge in [0.2, 0.25) is 10.0 Å². The second-order valence-electron chi connectivity index (χ2n) is 6.82. The quantitative estimate of drug-likeness (QED) is 0.557. The van der Waals surface area contributed by atoms with Crippen LogP contribution in [0.25, 0.3) is 0 Å². The highest BCUT2D eigenvalue weighted by atomic mass is 32.2. The lowest BCUT2D eigenvalue weighted by atomic mass is 9.96. The third-order valence-corrected chi connectivity index (χ3v) is 5.43. The van der Waals surface area contributed by atoms with Crippen LogP contribution in [0.15, 0.2) is 47.4 Å². The molecule has 0 saturated heterocycles. The fourth-order valence-corrected chi connectivity index (χ4v) is 3.90. The molecule has 0 aliphatic heterocycles. The number of ether oxygens (including phenoxy) is 2. The Bertz CT molecular complexity index is 867. The number of aliphatic hydroxyl groups excluding tert-OH is 1. The first-order valence-electron chi connectivity index (χ1n) is 9.45. The highest BCUT2D eigenvalue weighted by Gasteiger charge is 2.15. The van der Waals surface area contributed by atoms with Crippen molar-refractivity contribution in [3.05, 3.63) is 53.6 Å². The number of para-hydroxylation sites is 2. The summed E-state index contributed by atoms with van der Waals surface area (Å²) < 4.78 is 34.8. The number of hydrogen-bond acceptors (Lipinski definition) is 5. The van der Waals surface area contributed by atoms with Crippen molar-refractivity contribution in [2.75, 3.05) is 13.2 Å².